The van der Waals surface area contributed by atoms with Crippen molar-refractivity contribution in [1.29, 1.82) is 0 Å². The first-order chi connectivity index (χ1) is 8.58. The van der Waals surface area contributed by atoms with Crippen LogP contribution < -0.4 is 10.6 Å². The van der Waals surface area contributed by atoms with Crippen molar-refractivity contribution in [3.8, 4) is 0 Å². The van der Waals surface area contributed by atoms with Crippen LogP contribution in [0.25, 0.3) is 0 Å². The van der Waals surface area contributed by atoms with E-state index < -0.39 is 5.54 Å². The molecule has 0 aromatic heterocycles. The standard InChI is InChI=1S/C14H20N2O2/c1-3-14(2,9-17)16-13(18)12-8-10-6-4-5-7-11(10)15-12/h4-7,12,15,17H,3,8-9H2,1-2H3,(H,16,18)/t12-,14?/m0/s1. The molecule has 4 heteroatoms. The molecule has 4 nitrogen and oxygen atoms in total. The van der Waals surface area contributed by atoms with Crippen molar-refractivity contribution in [3.63, 3.8) is 0 Å². The predicted molar refractivity (Wildman–Crippen MR) is 71.5 cm³/mol. The lowest BCUT2D eigenvalue weighted by Crippen LogP contribution is -2.53. The molecule has 98 valence electrons. The summed E-state index contributed by atoms with van der Waals surface area (Å²) >= 11 is 0. The first-order valence-electron chi connectivity index (χ1n) is 6.35. The summed E-state index contributed by atoms with van der Waals surface area (Å²) in [5.74, 6) is -0.0513. The number of hydrogen-bond donors (Lipinski definition) is 3. The zero-order valence-corrected chi connectivity index (χ0v) is 10.9. The summed E-state index contributed by atoms with van der Waals surface area (Å²) in [4.78, 5) is 12.2. The molecule has 1 aromatic carbocycles. The second kappa shape index (κ2) is 4.98. The van der Waals surface area contributed by atoms with Crippen molar-refractivity contribution >= 4 is 11.6 Å². The minimum absolute atomic E-state index is 0.0467. The number of carbonyl (C=O) groups excluding carboxylic acids is 1. The van der Waals surface area contributed by atoms with Gasteiger partial charge in [0.25, 0.3) is 0 Å². The van der Waals surface area contributed by atoms with Gasteiger partial charge in [0.05, 0.1) is 12.1 Å². The smallest absolute Gasteiger partial charge is 0.243 e. The van der Waals surface area contributed by atoms with Crippen LogP contribution in [0.4, 0.5) is 5.69 Å². The molecule has 0 spiro atoms. The third kappa shape index (κ3) is 2.48. The van der Waals surface area contributed by atoms with Gasteiger partial charge in [-0.25, -0.2) is 0 Å². The minimum Gasteiger partial charge on any atom is -0.394 e. The van der Waals surface area contributed by atoms with Crippen LogP contribution in [0, 0.1) is 0 Å². The Morgan fingerprint density at radius 3 is 2.89 bits per heavy atom. The van der Waals surface area contributed by atoms with E-state index in [2.05, 4.69) is 10.6 Å². The second-order valence-electron chi connectivity index (χ2n) is 5.12. The number of aliphatic hydroxyl groups excluding tert-OH is 1. The number of para-hydroxylation sites is 1. The van der Waals surface area contributed by atoms with Crippen LogP contribution >= 0.6 is 0 Å². The summed E-state index contributed by atoms with van der Waals surface area (Å²) in [6.07, 6.45) is 1.40. The molecule has 1 aliphatic rings. The van der Waals surface area contributed by atoms with Gasteiger partial charge in [-0.1, -0.05) is 25.1 Å². The largest absolute Gasteiger partial charge is 0.394 e. The van der Waals surface area contributed by atoms with Gasteiger partial charge in [0.1, 0.15) is 6.04 Å². The molecule has 2 rings (SSSR count). The summed E-state index contributed by atoms with van der Waals surface area (Å²) in [6, 6.07) is 7.70. The van der Waals surface area contributed by atoms with Gasteiger partial charge in [0.2, 0.25) is 5.91 Å². The molecule has 0 radical (unpaired) electrons. The van der Waals surface area contributed by atoms with E-state index in [1.54, 1.807) is 0 Å². The second-order valence-corrected chi connectivity index (χ2v) is 5.12. The lowest BCUT2D eigenvalue weighted by atomic mass is 9.99. The van der Waals surface area contributed by atoms with Gasteiger partial charge in [-0.05, 0) is 25.0 Å². The van der Waals surface area contributed by atoms with E-state index in [4.69, 9.17) is 0 Å². The summed E-state index contributed by atoms with van der Waals surface area (Å²) in [5.41, 5.74) is 1.66. The lowest BCUT2D eigenvalue weighted by molar-refractivity contribution is -0.124. The van der Waals surface area contributed by atoms with Gasteiger partial charge in [-0.2, -0.15) is 0 Å². The average molecular weight is 248 g/mol. The first kappa shape index (κ1) is 12.9. The molecule has 1 aromatic rings. The highest BCUT2D eigenvalue weighted by molar-refractivity contribution is 5.87. The van der Waals surface area contributed by atoms with Gasteiger partial charge in [-0.15, -0.1) is 0 Å². The Morgan fingerprint density at radius 2 is 2.28 bits per heavy atom. The number of fused-ring (bicyclic) bond motifs is 1. The van der Waals surface area contributed by atoms with Gasteiger partial charge < -0.3 is 15.7 Å². The van der Waals surface area contributed by atoms with E-state index in [9.17, 15) is 9.90 Å². The monoisotopic (exact) mass is 248 g/mol. The van der Waals surface area contributed by atoms with E-state index in [1.807, 2.05) is 38.1 Å². The van der Waals surface area contributed by atoms with Crippen LogP contribution in [0.5, 0.6) is 0 Å². The number of benzene rings is 1. The molecule has 0 saturated heterocycles. The van der Waals surface area contributed by atoms with E-state index >= 15 is 0 Å². The Hall–Kier alpha value is -1.55. The van der Waals surface area contributed by atoms with Crippen molar-refractivity contribution in [1.82, 2.24) is 5.32 Å². The van der Waals surface area contributed by atoms with Gasteiger partial charge >= 0.3 is 0 Å². The maximum absolute atomic E-state index is 12.2. The normalized spacial score (nSPS) is 20.7. The molecule has 0 saturated carbocycles. The van der Waals surface area contributed by atoms with Crippen LogP contribution in [0.1, 0.15) is 25.8 Å². The van der Waals surface area contributed by atoms with E-state index in [1.165, 1.54) is 5.56 Å². The van der Waals surface area contributed by atoms with Gasteiger partial charge in [0.15, 0.2) is 0 Å². The van der Waals surface area contributed by atoms with E-state index in [-0.39, 0.29) is 18.6 Å². The fourth-order valence-corrected chi connectivity index (χ4v) is 2.08. The quantitative estimate of drug-likeness (QED) is 0.752. The van der Waals surface area contributed by atoms with E-state index in [0.717, 1.165) is 5.69 Å². The molecule has 1 aliphatic heterocycles. The molecule has 1 unspecified atom stereocenters. The highest BCUT2D eigenvalue weighted by atomic mass is 16.3. The molecule has 0 fully saturated rings. The van der Waals surface area contributed by atoms with Crippen molar-refractivity contribution in [2.75, 3.05) is 11.9 Å². The van der Waals surface area contributed by atoms with Gasteiger partial charge in [-0.3, -0.25) is 4.79 Å². The van der Waals surface area contributed by atoms with E-state index in [0.29, 0.717) is 12.8 Å². The maximum Gasteiger partial charge on any atom is 0.243 e. The van der Waals surface area contributed by atoms with Gasteiger partial charge in [0, 0.05) is 12.1 Å². The zero-order valence-electron chi connectivity index (χ0n) is 10.9. The Labute approximate surface area is 107 Å². The average Bonchev–Trinajstić information content (AvgIpc) is 2.82. The molecule has 2 atom stereocenters. The molecular weight excluding hydrogens is 228 g/mol. The Kier molecular flexibility index (Phi) is 3.57. The Morgan fingerprint density at radius 1 is 1.56 bits per heavy atom. The lowest BCUT2D eigenvalue weighted by Gasteiger charge is -2.28. The van der Waals surface area contributed by atoms with Crippen LogP contribution in [0.15, 0.2) is 24.3 Å². The molecule has 3 N–H and O–H groups in total. The number of rotatable bonds is 4. The fourth-order valence-electron chi connectivity index (χ4n) is 2.08. The first-order valence-corrected chi connectivity index (χ1v) is 6.35. The summed E-state index contributed by atoms with van der Waals surface area (Å²) in [5, 5.41) is 15.4. The summed E-state index contributed by atoms with van der Waals surface area (Å²) in [6.45, 7) is 3.76. The highest BCUT2D eigenvalue weighted by Gasteiger charge is 2.31. The van der Waals surface area contributed by atoms with Crippen molar-refractivity contribution in [3.05, 3.63) is 29.8 Å². The molecular formula is C14H20N2O2. The SMILES string of the molecule is CCC(C)(CO)NC(=O)[C@@H]1Cc2ccccc2N1. The number of anilines is 1. The molecule has 0 bridgehead atoms. The molecule has 18 heavy (non-hydrogen) atoms. The van der Waals surface area contributed by atoms with Crippen molar-refractivity contribution in [2.24, 2.45) is 0 Å². The minimum atomic E-state index is -0.534. The number of amides is 1. The maximum atomic E-state index is 12.2. The number of carbonyl (C=O) groups is 1. The third-order valence-corrected chi connectivity index (χ3v) is 3.64. The van der Waals surface area contributed by atoms with Crippen LogP contribution in [-0.4, -0.2) is 29.2 Å². The number of aliphatic hydroxyl groups is 1. The van der Waals surface area contributed by atoms with Crippen LogP contribution in [0.2, 0.25) is 0 Å². The summed E-state index contributed by atoms with van der Waals surface area (Å²) in [7, 11) is 0. The third-order valence-electron chi connectivity index (χ3n) is 3.64. The van der Waals surface area contributed by atoms with Crippen LogP contribution in [0.3, 0.4) is 0 Å². The molecule has 0 aliphatic carbocycles. The topological polar surface area (TPSA) is 61.4 Å². The summed E-state index contributed by atoms with van der Waals surface area (Å²) < 4.78 is 0. The number of hydrogen-bond acceptors (Lipinski definition) is 3. The molecule has 1 amide bonds. The van der Waals surface area contributed by atoms with Crippen molar-refractivity contribution < 1.29 is 9.90 Å². The fraction of sp³-hybridized carbons (Fsp3) is 0.500. The Balaban J connectivity index is 2.01. The Bertz CT molecular complexity index is 416. The van der Waals surface area contributed by atoms with Crippen molar-refractivity contribution in [2.45, 2.75) is 38.3 Å². The zero-order chi connectivity index (χ0) is 13.2. The predicted octanol–water partition coefficient (Wildman–Crippen LogP) is 1.30. The highest BCUT2D eigenvalue weighted by Crippen LogP contribution is 2.25. The molecule has 1 heterocycles. The van der Waals surface area contributed by atoms with Crippen LogP contribution in [-0.2, 0) is 11.2 Å². The number of nitrogens with one attached hydrogen (secondary N) is 2.